The predicted molar refractivity (Wildman–Crippen MR) is 96.4 cm³/mol. The van der Waals surface area contributed by atoms with Gasteiger partial charge in [0.1, 0.15) is 11.2 Å². The van der Waals surface area contributed by atoms with Crippen LogP contribution in [0.4, 0.5) is 4.79 Å². The molecule has 0 heterocycles. The summed E-state index contributed by atoms with van der Waals surface area (Å²) in [6, 6.07) is 0. The van der Waals surface area contributed by atoms with Crippen LogP contribution < -0.4 is 5.32 Å². The van der Waals surface area contributed by atoms with E-state index in [-0.39, 0.29) is 12.3 Å². The van der Waals surface area contributed by atoms with Gasteiger partial charge in [0, 0.05) is 22.9 Å². The Balaban J connectivity index is 1.88. The van der Waals surface area contributed by atoms with Gasteiger partial charge in [0.2, 0.25) is 0 Å². The summed E-state index contributed by atoms with van der Waals surface area (Å²) in [6.45, 7) is 10.7. The van der Waals surface area contributed by atoms with Crippen molar-refractivity contribution in [3.8, 4) is 0 Å². The number of carbonyl (C=O) groups is 2. The van der Waals surface area contributed by atoms with Crippen LogP contribution in [0.1, 0.15) is 54.4 Å². The molecule has 144 valence electrons. The molecule has 3 rings (SSSR count). The van der Waals surface area contributed by atoms with Crippen LogP contribution in [0.25, 0.3) is 0 Å². The molecule has 0 aromatic heterocycles. The highest BCUT2D eigenvalue weighted by molar-refractivity contribution is 6.09. The van der Waals surface area contributed by atoms with Gasteiger partial charge < -0.3 is 20.3 Å². The van der Waals surface area contributed by atoms with Crippen molar-refractivity contribution in [2.45, 2.75) is 71.7 Å². The van der Waals surface area contributed by atoms with Crippen LogP contribution in [0.5, 0.6) is 0 Å². The van der Waals surface area contributed by atoms with Gasteiger partial charge in [0.25, 0.3) is 0 Å². The summed E-state index contributed by atoms with van der Waals surface area (Å²) >= 11 is 0. The lowest BCUT2D eigenvalue weighted by atomic mass is 9.67. The van der Waals surface area contributed by atoms with Crippen molar-refractivity contribution in [1.82, 2.24) is 5.32 Å². The molecule has 6 heteroatoms. The number of nitrogens with one attached hydrogen (secondary N) is 1. The molecule has 0 saturated heterocycles. The average Bonchev–Trinajstić information content (AvgIpc) is 3.26. The Morgan fingerprint density at radius 1 is 1.35 bits per heavy atom. The molecule has 3 atom stereocenters. The standard InChI is InChI=1S/C20H29NO5/c1-11-13-12(14(22)19(6,25)20(11)7-8-20)9-18(5,15(13)23)10-21-16(24)26-17(2,3)4/h9,15,23,25H,7-8,10H2,1-6H3,(H,21,24)/t15-,18+,19+/m1/s1. The first-order chi connectivity index (χ1) is 11.8. The van der Waals surface area contributed by atoms with Gasteiger partial charge in [-0.2, -0.15) is 0 Å². The van der Waals surface area contributed by atoms with Gasteiger partial charge in [-0.1, -0.05) is 18.6 Å². The number of aliphatic hydroxyl groups excluding tert-OH is 1. The third-order valence-corrected chi connectivity index (χ3v) is 6.17. The number of Topliss-reactive ketones (excluding diaryl/α,β-unsaturated/α-hetero) is 1. The van der Waals surface area contributed by atoms with Gasteiger partial charge in [0.15, 0.2) is 5.78 Å². The molecule has 0 unspecified atom stereocenters. The van der Waals surface area contributed by atoms with Gasteiger partial charge in [0.05, 0.1) is 6.10 Å². The number of fused-ring (bicyclic) bond motifs is 1. The van der Waals surface area contributed by atoms with Gasteiger partial charge in [-0.25, -0.2) is 4.79 Å². The maximum Gasteiger partial charge on any atom is 0.407 e. The molecule has 0 radical (unpaired) electrons. The van der Waals surface area contributed by atoms with Crippen LogP contribution in [0.15, 0.2) is 22.8 Å². The van der Waals surface area contributed by atoms with E-state index >= 15 is 0 Å². The zero-order chi connectivity index (χ0) is 19.7. The van der Waals surface area contributed by atoms with Gasteiger partial charge in [-0.15, -0.1) is 0 Å². The molecule has 1 spiro atoms. The van der Waals surface area contributed by atoms with Crippen molar-refractivity contribution < 1.29 is 24.5 Å². The third kappa shape index (κ3) is 2.62. The summed E-state index contributed by atoms with van der Waals surface area (Å²) in [6.07, 6.45) is 1.70. The number of hydrogen-bond acceptors (Lipinski definition) is 5. The van der Waals surface area contributed by atoms with E-state index in [0.29, 0.717) is 11.1 Å². The monoisotopic (exact) mass is 363 g/mol. The second-order valence-corrected chi connectivity index (χ2v) is 9.34. The highest BCUT2D eigenvalue weighted by atomic mass is 16.6. The van der Waals surface area contributed by atoms with Gasteiger partial charge >= 0.3 is 6.09 Å². The molecule has 6 nitrogen and oxygen atoms in total. The van der Waals surface area contributed by atoms with Crippen molar-refractivity contribution in [3.63, 3.8) is 0 Å². The average molecular weight is 363 g/mol. The number of amides is 1. The number of alkyl carbamates (subject to hydrolysis) is 1. The van der Waals surface area contributed by atoms with E-state index in [1.165, 1.54) is 0 Å². The Hall–Kier alpha value is -1.66. The lowest BCUT2D eigenvalue weighted by Crippen LogP contribution is -2.50. The van der Waals surface area contributed by atoms with E-state index in [4.69, 9.17) is 4.74 Å². The van der Waals surface area contributed by atoms with Crippen molar-refractivity contribution in [3.05, 3.63) is 22.8 Å². The Morgan fingerprint density at radius 3 is 2.42 bits per heavy atom. The molecule has 3 aliphatic carbocycles. The zero-order valence-electron chi connectivity index (χ0n) is 16.4. The van der Waals surface area contributed by atoms with E-state index in [2.05, 4.69) is 5.32 Å². The van der Waals surface area contributed by atoms with Crippen LogP contribution in [0.3, 0.4) is 0 Å². The number of ether oxygens (including phenoxy) is 1. The zero-order valence-corrected chi connectivity index (χ0v) is 16.4. The van der Waals surface area contributed by atoms with Gasteiger partial charge in [-0.3, -0.25) is 4.79 Å². The second-order valence-electron chi connectivity index (χ2n) is 9.34. The number of aliphatic hydroxyl groups is 2. The van der Waals surface area contributed by atoms with Crippen LogP contribution in [-0.4, -0.2) is 45.9 Å². The molecule has 1 saturated carbocycles. The summed E-state index contributed by atoms with van der Waals surface area (Å²) in [5.41, 5.74) is -1.56. The Morgan fingerprint density at radius 2 is 1.92 bits per heavy atom. The first-order valence-corrected chi connectivity index (χ1v) is 9.12. The molecular weight excluding hydrogens is 334 g/mol. The fourth-order valence-corrected chi connectivity index (χ4v) is 4.37. The number of rotatable bonds is 2. The van der Waals surface area contributed by atoms with E-state index in [1.54, 1.807) is 40.7 Å². The molecule has 0 bridgehead atoms. The lowest BCUT2D eigenvalue weighted by Gasteiger charge is -2.39. The maximum atomic E-state index is 12.9. The summed E-state index contributed by atoms with van der Waals surface area (Å²) < 4.78 is 5.24. The Bertz CT molecular complexity index is 736. The SMILES string of the molecule is CC1=C2C(=C[C@@](C)(CNC(=O)OC(C)(C)C)[C@@H]2O)C(=O)[C@](C)(O)C12CC2. The molecular formula is C20H29NO5. The van der Waals surface area contributed by atoms with Crippen molar-refractivity contribution in [1.29, 1.82) is 0 Å². The third-order valence-electron chi connectivity index (χ3n) is 6.17. The van der Waals surface area contributed by atoms with Crippen LogP contribution in [0, 0.1) is 10.8 Å². The molecule has 1 fully saturated rings. The van der Waals surface area contributed by atoms with Crippen LogP contribution in [0.2, 0.25) is 0 Å². The smallest absolute Gasteiger partial charge is 0.407 e. The predicted octanol–water partition coefficient (Wildman–Crippen LogP) is 2.25. The summed E-state index contributed by atoms with van der Waals surface area (Å²) in [4.78, 5) is 24.9. The first-order valence-electron chi connectivity index (χ1n) is 9.12. The van der Waals surface area contributed by atoms with Crippen LogP contribution >= 0.6 is 0 Å². The summed E-state index contributed by atoms with van der Waals surface area (Å²) in [7, 11) is 0. The summed E-state index contributed by atoms with van der Waals surface area (Å²) in [5.74, 6) is -0.337. The highest BCUT2D eigenvalue weighted by Crippen LogP contribution is 2.65. The lowest BCUT2D eigenvalue weighted by molar-refractivity contribution is -0.138. The minimum atomic E-state index is -1.45. The number of hydrogen-bond donors (Lipinski definition) is 3. The minimum absolute atomic E-state index is 0.131. The molecule has 3 N–H and O–H groups in total. The van der Waals surface area contributed by atoms with E-state index in [1.807, 2.05) is 6.92 Å². The van der Waals surface area contributed by atoms with E-state index in [0.717, 1.165) is 18.4 Å². The molecule has 1 amide bonds. The quantitative estimate of drug-likeness (QED) is 0.699. The Kier molecular flexibility index (Phi) is 3.99. The molecule has 3 aliphatic rings. The Labute approximate surface area is 154 Å². The normalized spacial score (nSPS) is 35.3. The molecule has 26 heavy (non-hydrogen) atoms. The molecule has 0 aromatic rings. The van der Waals surface area contributed by atoms with E-state index < -0.39 is 34.2 Å². The minimum Gasteiger partial charge on any atom is -0.444 e. The molecule has 0 aliphatic heterocycles. The van der Waals surface area contributed by atoms with E-state index in [9.17, 15) is 19.8 Å². The fraction of sp³-hybridized carbons (Fsp3) is 0.700. The summed E-state index contributed by atoms with van der Waals surface area (Å²) in [5, 5.41) is 24.5. The largest absolute Gasteiger partial charge is 0.444 e. The van der Waals surface area contributed by atoms with Crippen molar-refractivity contribution in [2.75, 3.05) is 6.54 Å². The first kappa shape index (κ1) is 19.1. The molecule has 0 aromatic carbocycles. The van der Waals surface area contributed by atoms with Crippen molar-refractivity contribution in [2.24, 2.45) is 10.8 Å². The highest BCUT2D eigenvalue weighted by Gasteiger charge is 2.66. The second kappa shape index (κ2) is 5.42. The van der Waals surface area contributed by atoms with Crippen molar-refractivity contribution >= 4 is 11.9 Å². The number of carbonyl (C=O) groups excluding carboxylic acids is 2. The number of ketones is 1. The maximum absolute atomic E-state index is 12.9. The van der Waals surface area contributed by atoms with Crippen LogP contribution in [-0.2, 0) is 9.53 Å². The topological polar surface area (TPSA) is 95.9 Å². The van der Waals surface area contributed by atoms with Gasteiger partial charge in [-0.05, 0) is 53.0 Å². The fourth-order valence-electron chi connectivity index (χ4n) is 4.37.